The number of fused-ring (bicyclic) bond motifs is 1. The van der Waals surface area contributed by atoms with E-state index in [-0.39, 0.29) is 11.7 Å². The van der Waals surface area contributed by atoms with E-state index in [1.807, 2.05) is 24.3 Å². The normalized spacial score (nSPS) is 10.9. The van der Waals surface area contributed by atoms with Gasteiger partial charge in [0.05, 0.1) is 11.0 Å². The molecular weight excluding hydrogens is 292 g/mol. The predicted octanol–water partition coefficient (Wildman–Crippen LogP) is 3.62. The van der Waals surface area contributed by atoms with E-state index in [0.717, 1.165) is 5.69 Å². The number of hydrogen-bond acceptors (Lipinski definition) is 2. The molecule has 0 aliphatic heterocycles. The van der Waals surface area contributed by atoms with Gasteiger partial charge in [-0.3, -0.25) is 0 Å². The van der Waals surface area contributed by atoms with Gasteiger partial charge in [-0.1, -0.05) is 26.0 Å². The van der Waals surface area contributed by atoms with Crippen LogP contribution in [0.4, 0.5) is 16.2 Å². The Morgan fingerprint density at radius 2 is 1.52 bits per heavy atom. The molecule has 1 heterocycles. The van der Waals surface area contributed by atoms with Crippen molar-refractivity contribution in [3.05, 3.63) is 58.5 Å². The number of rotatable bonds is 3. The van der Waals surface area contributed by atoms with Gasteiger partial charge in [-0.2, -0.15) is 0 Å². The Labute approximate surface area is 132 Å². The van der Waals surface area contributed by atoms with Gasteiger partial charge in [-0.25, -0.2) is 9.59 Å². The van der Waals surface area contributed by atoms with Gasteiger partial charge >= 0.3 is 11.7 Å². The van der Waals surface area contributed by atoms with Gasteiger partial charge in [0.1, 0.15) is 0 Å². The second-order valence-corrected chi connectivity index (χ2v) is 5.70. The number of carbonyl (C=O) groups is 1. The number of nitrogens with one attached hydrogen (secondary N) is 4. The summed E-state index contributed by atoms with van der Waals surface area (Å²) < 4.78 is 0. The van der Waals surface area contributed by atoms with E-state index in [1.54, 1.807) is 18.2 Å². The van der Waals surface area contributed by atoms with Crippen LogP contribution in [-0.2, 0) is 0 Å². The number of H-pyrrole nitrogens is 2. The van der Waals surface area contributed by atoms with Crippen molar-refractivity contribution in [1.82, 2.24) is 9.97 Å². The van der Waals surface area contributed by atoms with Gasteiger partial charge in [0.2, 0.25) is 0 Å². The lowest BCUT2D eigenvalue weighted by atomic mass is 10.0. The molecule has 0 aliphatic rings. The highest BCUT2D eigenvalue weighted by atomic mass is 16.2. The Balaban J connectivity index is 1.69. The lowest BCUT2D eigenvalue weighted by Gasteiger charge is -2.09. The number of hydrogen-bond donors (Lipinski definition) is 4. The Morgan fingerprint density at radius 3 is 2.22 bits per heavy atom. The molecule has 0 saturated carbocycles. The molecule has 1 aromatic heterocycles. The Morgan fingerprint density at radius 1 is 0.913 bits per heavy atom. The van der Waals surface area contributed by atoms with Gasteiger partial charge in [-0.15, -0.1) is 0 Å². The first kappa shape index (κ1) is 14.9. The second kappa shape index (κ2) is 6.00. The fourth-order valence-corrected chi connectivity index (χ4v) is 2.36. The number of amides is 2. The van der Waals surface area contributed by atoms with Crippen LogP contribution in [0.15, 0.2) is 47.3 Å². The third kappa shape index (κ3) is 3.42. The van der Waals surface area contributed by atoms with Crippen molar-refractivity contribution in [1.29, 1.82) is 0 Å². The van der Waals surface area contributed by atoms with Gasteiger partial charge in [-0.05, 0) is 41.8 Å². The first-order chi connectivity index (χ1) is 11.0. The first-order valence-corrected chi connectivity index (χ1v) is 7.41. The standard InChI is InChI=1S/C17H18N4O2/c1-10(2)11-3-5-12(6-4-11)18-16(22)19-13-7-8-14-15(9-13)21-17(23)20-14/h3-10H,1-2H3,(H2,18,19,22)(H2,20,21,23). The fourth-order valence-electron chi connectivity index (χ4n) is 2.36. The molecule has 0 saturated heterocycles. The molecule has 6 nitrogen and oxygen atoms in total. The third-order valence-electron chi connectivity index (χ3n) is 3.61. The molecule has 2 aromatic carbocycles. The Hall–Kier alpha value is -3.02. The van der Waals surface area contributed by atoms with E-state index >= 15 is 0 Å². The summed E-state index contributed by atoms with van der Waals surface area (Å²) >= 11 is 0. The van der Waals surface area contributed by atoms with Crippen LogP contribution in [0.3, 0.4) is 0 Å². The molecule has 0 bridgehead atoms. The third-order valence-corrected chi connectivity index (χ3v) is 3.61. The summed E-state index contributed by atoms with van der Waals surface area (Å²) in [7, 11) is 0. The summed E-state index contributed by atoms with van der Waals surface area (Å²) in [4.78, 5) is 28.6. The highest BCUT2D eigenvalue weighted by Crippen LogP contribution is 2.18. The molecule has 0 fully saturated rings. The van der Waals surface area contributed by atoms with Crippen molar-refractivity contribution in [3.63, 3.8) is 0 Å². The zero-order chi connectivity index (χ0) is 16.4. The minimum Gasteiger partial charge on any atom is -0.308 e. The number of imidazole rings is 1. The van der Waals surface area contributed by atoms with Gasteiger partial charge in [0.15, 0.2) is 0 Å². The molecule has 6 heteroatoms. The zero-order valence-electron chi connectivity index (χ0n) is 12.9. The predicted molar refractivity (Wildman–Crippen MR) is 92.1 cm³/mol. The van der Waals surface area contributed by atoms with Crippen LogP contribution in [0.1, 0.15) is 25.3 Å². The number of aromatic amines is 2. The summed E-state index contributed by atoms with van der Waals surface area (Å²) in [5.74, 6) is 0.452. The van der Waals surface area contributed by atoms with Crippen molar-refractivity contribution in [2.45, 2.75) is 19.8 Å². The molecule has 23 heavy (non-hydrogen) atoms. The van der Waals surface area contributed by atoms with E-state index in [2.05, 4.69) is 34.4 Å². The number of anilines is 2. The average molecular weight is 310 g/mol. The molecule has 0 unspecified atom stereocenters. The first-order valence-electron chi connectivity index (χ1n) is 7.41. The smallest absolute Gasteiger partial charge is 0.308 e. The lowest BCUT2D eigenvalue weighted by Crippen LogP contribution is -2.19. The van der Waals surface area contributed by atoms with E-state index in [1.165, 1.54) is 5.56 Å². The van der Waals surface area contributed by atoms with Crippen molar-refractivity contribution in [2.75, 3.05) is 10.6 Å². The number of benzene rings is 2. The minimum atomic E-state index is -0.334. The Kier molecular flexibility index (Phi) is 3.89. The zero-order valence-corrected chi connectivity index (χ0v) is 12.9. The summed E-state index contributed by atoms with van der Waals surface area (Å²) in [6, 6.07) is 12.6. The van der Waals surface area contributed by atoms with E-state index in [9.17, 15) is 9.59 Å². The van der Waals surface area contributed by atoms with Gasteiger partial charge < -0.3 is 20.6 Å². The average Bonchev–Trinajstić information content (AvgIpc) is 2.87. The summed E-state index contributed by atoms with van der Waals surface area (Å²) in [6.07, 6.45) is 0. The molecule has 118 valence electrons. The number of urea groups is 1. The van der Waals surface area contributed by atoms with Crippen LogP contribution in [0.5, 0.6) is 0 Å². The van der Waals surface area contributed by atoms with E-state index in [4.69, 9.17) is 0 Å². The van der Waals surface area contributed by atoms with Crippen LogP contribution in [-0.4, -0.2) is 16.0 Å². The molecule has 0 atom stereocenters. The summed E-state index contributed by atoms with van der Waals surface area (Å²) in [5, 5.41) is 5.52. The molecular formula is C17H18N4O2. The largest absolute Gasteiger partial charge is 0.323 e. The van der Waals surface area contributed by atoms with E-state index in [0.29, 0.717) is 22.6 Å². The highest BCUT2D eigenvalue weighted by Gasteiger charge is 2.05. The highest BCUT2D eigenvalue weighted by molar-refractivity contribution is 6.00. The number of aromatic nitrogens is 2. The molecule has 3 aromatic rings. The summed E-state index contributed by atoms with van der Waals surface area (Å²) in [5.41, 5.74) is 3.62. The topological polar surface area (TPSA) is 89.8 Å². The van der Waals surface area contributed by atoms with Gasteiger partial charge in [0, 0.05) is 11.4 Å². The van der Waals surface area contributed by atoms with Crippen LogP contribution >= 0.6 is 0 Å². The van der Waals surface area contributed by atoms with Crippen LogP contribution in [0.25, 0.3) is 11.0 Å². The Bertz CT molecular complexity index is 891. The quantitative estimate of drug-likeness (QED) is 0.595. The fraction of sp³-hybridized carbons (Fsp3) is 0.176. The van der Waals surface area contributed by atoms with Crippen molar-refractivity contribution in [3.8, 4) is 0 Å². The molecule has 4 N–H and O–H groups in total. The van der Waals surface area contributed by atoms with Crippen molar-refractivity contribution < 1.29 is 4.79 Å². The molecule has 0 spiro atoms. The maximum Gasteiger partial charge on any atom is 0.323 e. The maximum absolute atomic E-state index is 12.0. The monoisotopic (exact) mass is 310 g/mol. The molecule has 0 radical (unpaired) electrons. The molecule has 3 rings (SSSR count). The van der Waals surface area contributed by atoms with Crippen molar-refractivity contribution in [2.24, 2.45) is 0 Å². The molecule has 0 aliphatic carbocycles. The van der Waals surface area contributed by atoms with Crippen LogP contribution in [0.2, 0.25) is 0 Å². The number of carbonyl (C=O) groups excluding carboxylic acids is 1. The second-order valence-electron chi connectivity index (χ2n) is 5.70. The van der Waals surface area contributed by atoms with Crippen molar-refractivity contribution >= 4 is 28.4 Å². The van der Waals surface area contributed by atoms with Crippen LogP contribution < -0.4 is 16.3 Å². The minimum absolute atomic E-state index is 0.271. The van der Waals surface area contributed by atoms with Gasteiger partial charge in [0.25, 0.3) is 0 Å². The lowest BCUT2D eigenvalue weighted by molar-refractivity contribution is 0.262. The molecule has 2 amide bonds. The SMILES string of the molecule is CC(C)c1ccc(NC(=O)Nc2ccc3[nH]c(=O)[nH]c3c2)cc1. The van der Waals surface area contributed by atoms with E-state index < -0.39 is 0 Å². The maximum atomic E-state index is 12.0. The van der Waals surface area contributed by atoms with Crippen LogP contribution in [0, 0.1) is 0 Å². The summed E-state index contributed by atoms with van der Waals surface area (Å²) in [6.45, 7) is 4.24.